The standard InChI is InChI=1S/C24H24N2O5S/c1-14(9-23(27)26-24-25-7-8-32-24)16-11-17-18(13-31-21(17)12-20(16)29-3)15-5-6-19(28-2)22(10-15)30-4/h5-6,9-13H,7-8H2,1-4H3,(H,25,26,27)/b14-9+. The van der Waals surface area contributed by atoms with Crippen LogP contribution in [-0.2, 0) is 4.79 Å². The van der Waals surface area contributed by atoms with Gasteiger partial charge in [-0.3, -0.25) is 9.79 Å². The number of thioether (sulfide) groups is 1. The highest BCUT2D eigenvalue weighted by Gasteiger charge is 2.17. The first-order valence-electron chi connectivity index (χ1n) is 10.0. The van der Waals surface area contributed by atoms with Crippen LogP contribution in [0.15, 0.2) is 52.1 Å². The Bertz CT molecular complexity index is 1230. The minimum atomic E-state index is -0.217. The fourth-order valence-electron chi connectivity index (χ4n) is 3.59. The number of furan rings is 1. The van der Waals surface area contributed by atoms with E-state index in [4.69, 9.17) is 18.6 Å². The Balaban J connectivity index is 1.74. The molecule has 0 radical (unpaired) electrons. The first kappa shape index (κ1) is 21.8. The van der Waals surface area contributed by atoms with Gasteiger partial charge in [0, 0.05) is 34.4 Å². The molecule has 0 spiro atoms. The quantitative estimate of drug-likeness (QED) is 0.544. The summed E-state index contributed by atoms with van der Waals surface area (Å²) < 4.78 is 22.2. The molecule has 0 aliphatic carbocycles. The van der Waals surface area contributed by atoms with E-state index >= 15 is 0 Å². The van der Waals surface area contributed by atoms with Crippen molar-refractivity contribution >= 4 is 39.4 Å². The smallest absolute Gasteiger partial charge is 0.250 e. The van der Waals surface area contributed by atoms with Crippen LogP contribution in [0.3, 0.4) is 0 Å². The van der Waals surface area contributed by atoms with Crippen molar-refractivity contribution in [2.24, 2.45) is 4.99 Å². The first-order chi connectivity index (χ1) is 15.5. The molecule has 1 aromatic heterocycles. The van der Waals surface area contributed by atoms with Crippen LogP contribution < -0.4 is 19.5 Å². The molecular weight excluding hydrogens is 428 g/mol. The van der Waals surface area contributed by atoms with E-state index in [0.717, 1.165) is 39.9 Å². The molecule has 8 heteroatoms. The maximum atomic E-state index is 12.4. The predicted octanol–water partition coefficient (Wildman–Crippen LogP) is 4.75. The summed E-state index contributed by atoms with van der Waals surface area (Å²) in [5.41, 5.74) is 4.08. The molecule has 0 bridgehead atoms. The zero-order valence-corrected chi connectivity index (χ0v) is 19.2. The van der Waals surface area contributed by atoms with Crippen molar-refractivity contribution in [1.29, 1.82) is 0 Å². The van der Waals surface area contributed by atoms with E-state index in [1.807, 2.05) is 37.3 Å². The number of aliphatic imine (C=N–C) groups is 1. The Morgan fingerprint density at radius 3 is 2.56 bits per heavy atom. The Morgan fingerprint density at radius 1 is 1.09 bits per heavy atom. The molecule has 4 rings (SSSR count). The van der Waals surface area contributed by atoms with Gasteiger partial charge in [-0.25, -0.2) is 0 Å². The van der Waals surface area contributed by atoms with Crippen LogP contribution in [-0.4, -0.2) is 44.7 Å². The predicted molar refractivity (Wildman–Crippen MR) is 128 cm³/mol. The van der Waals surface area contributed by atoms with E-state index in [1.165, 1.54) is 0 Å². The molecule has 2 aromatic carbocycles. The topological polar surface area (TPSA) is 82.3 Å². The number of fused-ring (bicyclic) bond motifs is 1. The number of amidine groups is 1. The lowest BCUT2D eigenvalue weighted by Gasteiger charge is -2.11. The van der Waals surface area contributed by atoms with Crippen LogP contribution in [0.25, 0.3) is 27.7 Å². The maximum Gasteiger partial charge on any atom is 0.250 e. The van der Waals surface area contributed by atoms with Crippen LogP contribution in [0.2, 0.25) is 0 Å². The van der Waals surface area contributed by atoms with Gasteiger partial charge in [-0.1, -0.05) is 17.8 Å². The van der Waals surface area contributed by atoms with Gasteiger partial charge in [0.25, 0.3) is 0 Å². The molecule has 1 N–H and O–H groups in total. The average Bonchev–Trinajstić information content (AvgIpc) is 3.46. The summed E-state index contributed by atoms with van der Waals surface area (Å²) in [5, 5.41) is 4.38. The SMILES string of the molecule is COc1ccc(-c2coc3cc(OC)c(/C(C)=C/C(=O)NC4=NCCS4)cc23)cc1OC. The van der Waals surface area contributed by atoms with Crippen LogP contribution in [0.4, 0.5) is 0 Å². The average molecular weight is 453 g/mol. The number of hydrogen-bond donors (Lipinski definition) is 1. The third kappa shape index (κ3) is 4.31. The molecule has 0 atom stereocenters. The fourth-order valence-corrected chi connectivity index (χ4v) is 4.32. The largest absolute Gasteiger partial charge is 0.496 e. The maximum absolute atomic E-state index is 12.4. The van der Waals surface area contributed by atoms with Crippen molar-refractivity contribution in [2.75, 3.05) is 33.6 Å². The minimum Gasteiger partial charge on any atom is -0.496 e. The van der Waals surface area contributed by atoms with Crippen LogP contribution in [0, 0.1) is 0 Å². The van der Waals surface area contributed by atoms with E-state index in [1.54, 1.807) is 45.4 Å². The van der Waals surface area contributed by atoms with E-state index in [2.05, 4.69) is 10.3 Å². The molecule has 32 heavy (non-hydrogen) atoms. The van der Waals surface area contributed by atoms with Gasteiger partial charge in [0.2, 0.25) is 5.91 Å². The van der Waals surface area contributed by atoms with Crippen LogP contribution in [0.5, 0.6) is 17.2 Å². The monoisotopic (exact) mass is 452 g/mol. The molecule has 1 aliphatic heterocycles. The normalized spacial score (nSPS) is 13.8. The van der Waals surface area contributed by atoms with Crippen LogP contribution >= 0.6 is 11.8 Å². The highest BCUT2D eigenvalue weighted by atomic mass is 32.2. The third-order valence-electron chi connectivity index (χ3n) is 5.18. The van der Waals surface area contributed by atoms with Gasteiger partial charge in [0.15, 0.2) is 16.7 Å². The zero-order valence-electron chi connectivity index (χ0n) is 18.4. The van der Waals surface area contributed by atoms with Gasteiger partial charge in [-0.15, -0.1) is 0 Å². The highest BCUT2D eigenvalue weighted by molar-refractivity contribution is 8.14. The molecule has 0 unspecified atom stereocenters. The number of carbonyl (C=O) groups excluding carboxylic acids is 1. The minimum absolute atomic E-state index is 0.217. The molecule has 2 heterocycles. The van der Waals surface area contributed by atoms with Gasteiger partial charge in [-0.2, -0.15) is 0 Å². The molecule has 1 amide bonds. The number of carbonyl (C=O) groups is 1. The summed E-state index contributed by atoms with van der Waals surface area (Å²) in [4.78, 5) is 16.7. The zero-order chi connectivity index (χ0) is 22.7. The summed E-state index contributed by atoms with van der Waals surface area (Å²) in [6.07, 6.45) is 3.26. The lowest BCUT2D eigenvalue weighted by molar-refractivity contribution is -0.115. The molecule has 0 saturated carbocycles. The summed E-state index contributed by atoms with van der Waals surface area (Å²) in [6, 6.07) is 9.53. The molecule has 3 aromatic rings. The van der Waals surface area contributed by atoms with Crippen molar-refractivity contribution in [1.82, 2.24) is 5.32 Å². The van der Waals surface area contributed by atoms with E-state index < -0.39 is 0 Å². The number of nitrogens with one attached hydrogen (secondary N) is 1. The molecule has 166 valence electrons. The number of methoxy groups -OCH3 is 3. The summed E-state index contributed by atoms with van der Waals surface area (Å²) in [5.74, 6) is 2.59. The molecule has 0 fully saturated rings. The number of hydrogen-bond acceptors (Lipinski definition) is 7. The van der Waals surface area contributed by atoms with Gasteiger partial charge >= 0.3 is 0 Å². The van der Waals surface area contributed by atoms with Gasteiger partial charge in [0.1, 0.15) is 11.3 Å². The van der Waals surface area contributed by atoms with E-state index in [9.17, 15) is 4.79 Å². The second-order valence-corrected chi connectivity index (χ2v) is 8.20. The molecule has 1 aliphatic rings. The van der Waals surface area contributed by atoms with E-state index in [0.29, 0.717) is 28.0 Å². The second kappa shape index (κ2) is 9.40. The Kier molecular flexibility index (Phi) is 6.41. The lowest BCUT2D eigenvalue weighted by Crippen LogP contribution is -2.25. The van der Waals surface area contributed by atoms with Crippen molar-refractivity contribution in [3.8, 4) is 28.4 Å². The van der Waals surface area contributed by atoms with Crippen molar-refractivity contribution in [3.63, 3.8) is 0 Å². The van der Waals surface area contributed by atoms with Gasteiger partial charge < -0.3 is 23.9 Å². The number of ether oxygens (including phenoxy) is 3. The molecule has 7 nitrogen and oxygen atoms in total. The van der Waals surface area contributed by atoms with Crippen molar-refractivity contribution in [2.45, 2.75) is 6.92 Å². The number of allylic oxidation sites excluding steroid dienone is 1. The third-order valence-corrected chi connectivity index (χ3v) is 6.07. The first-order valence-corrected chi connectivity index (χ1v) is 11.0. The summed E-state index contributed by atoms with van der Waals surface area (Å²) >= 11 is 1.54. The Hall–Kier alpha value is -3.39. The second-order valence-electron chi connectivity index (χ2n) is 7.12. The fraction of sp³-hybridized carbons (Fsp3) is 0.250. The molecular formula is C24H24N2O5S. The van der Waals surface area contributed by atoms with Gasteiger partial charge in [-0.05, 0) is 36.3 Å². The number of rotatable bonds is 6. The van der Waals surface area contributed by atoms with Crippen molar-refractivity contribution < 1.29 is 23.4 Å². The highest BCUT2D eigenvalue weighted by Crippen LogP contribution is 2.39. The van der Waals surface area contributed by atoms with Gasteiger partial charge in [0.05, 0.1) is 34.1 Å². The van der Waals surface area contributed by atoms with E-state index in [-0.39, 0.29) is 5.91 Å². The van der Waals surface area contributed by atoms with Crippen LogP contribution in [0.1, 0.15) is 12.5 Å². The number of nitrogens with zero attached hydrogens (tertiary/aromatic N) is 1. The Labute approximate surface area is 190 Å². The lowest BCUT2D eigenvalue weighted by atomic mass is 9.99. The number of amides is 1. The van der Waals surface area contributed by atoms with Crippen molar-refractivity contribution in [3.05, 3.63) is 48.2 Å². The molecule has 0 saturated heterocycles. The number of benzene rings is 2. The summed E-state index contributed by atoms with van der Waals surface area (Å²) in [7, 11) is 4.81. The summed E-state index contributed by atoms with van der Waals surface area (Å²) in [6.45, 7) is 2.61. The Morgan fingerprint density at radius 2 is 1.88 bits per heavy atom.